The van der Waals surface area contributed by atoms with Crippen LogP contribution in [0.2, 0.25) is 0 Å². The molecule has 1 aromatic rings. The zero-order valence-corrected chi connectivity index (χ0v) is 3.00. The monoisotopic (exact) mass is 83.0 g/mol. The Morgan fingerprint density at radius 1 is 1.83 bits per heavy atom. The van der Waals surface area contributed by atoms with E-state index in [-0.39, 0.29) is 0 Å². The van der Waals surface area contributed by atoms with Crippen molar-refractivity contribution < 1.29 is 0 Å². The van der Waals surface area contributed by atoms with Gasteiger partial charge < -0.3 is 5.84 Å². The Morgan fingerprint density at radius 2 is 2.67 bits per heavy atom. The largest absolute Gasteiger partial charge is 0.322 e. The summed E-state index contributed by atoms with van der Waals surface area (Å²) in [6.07, 6.45) is 3.84. The molecule has 0 aromatic carbocycles. The molecule has 6 heavy (non-hydrogen) atoms. The van der Waals surface area contributed by atoms with Gasteiger partial charge >= 0.3 is 0 Å². The fourth-order valence-corrected chi connectivity index (χ4v) is 0.188. The van der Waals surface area contributed by atoms with Gasteiger partial charge in [0.25, 0.3) is 0 Å². The summed E-state index contributed by atoms with van der Waals surface area (Å²) >= 11 is 0. The molecule has 0 bridgehead atoms. The average Bonchev–Trinajstić information content (AvgIpc) is 1.86. The van der Waals surface area contributed by atoms with E-state index in [0.29, 0.717) is 0 Å². The van der Waals surface area contributed by atoms with Gasteiger partial charge in [0.15, 0.2) is 0 Å². The molecule has 0 fully saturated rings. The highest BCUT2D eigenvalue weighted by molar-refractivity contribution is 4.57. The van der Waals surface area contributed by atoms with E-state index in [1.165, 1.54) is 6.20 Å². The quantitative estimate of drug-likeness (QED) is 0.400. The van der Waals surface area contributed by atoms with Crippen molar-refractivity contribution in [3.63, 3.8) is 0 Å². The molecule has 0 aliphatic heterocycles. The maximum absolute atomic E-state index is 4.99. The van der Waals surface area contributed by atoms with Gasteiger partial charge in [-0.15, -0.1) is 5.10 Å². The summed E-state index contributed by atoms with van der Waals surface area (Å²) in [7, 11) is 0. The molecule has 0 saturated carbocycles. The zero-order chi connectivity index (χ0) is 4.41. The third kappa shape index (κ3) is 0.314. The maximum atomic E-state index is 4.99. The van der Waals surface area contributed by atoms with Gasteiger partial charge in [-0.2, -0.15) is 4.79 Å². The number of hydrogen-bond donors (Lipinski definition) is 1. The molecule has 0 aliphatic rings. The van der Waals surface area contributed by atoms with Crippen LogP contribution in [0.4, 0.5) is 0 Å². The highest BCUT2D eigenvalue weighted by Crippen LogP contribution is 1.60. The zero-order valence-electron chi connectivity index (χ0n) is 3.00. The highest BCUT2D eigenvalue weighted by Gasteiger charge is 1.72. The SMILES string of the molecule is Nn1c[c]nn1. The average molecular weight is 83.1 g/mol. The summed E-state index contributed by atoms with van der Waals surface area (Å²) in [5.41, 5.74) is 0. The molecule has 1 rings (SSSR count). The third-order valence-corrected chi connectivity index (χ3v) is 0.396. The first-order valence-corrected chi connectivity index (χ1v) is 1.43. The topological polar surface area (TPSA) is 56.7 Å². The second-order valence-corrected chi connectivity index (χ2v) is 0.828. The minimum atomic E-state index is 1.08. The van der Waals surface area contributed by atoms with Gasteiger partial charge in [0, 0.05) is 0 Å². The predicted octanol–water partition coefficient (Wildman–Crippen LogP) is -1.21. The lowest BCUT2D eigenvalue weighted by molar-refractivity contribution is 0.765. The molecule has 0 atom stereocenters. The number of aromatic nitrogens is 3. The van der Waals surface area contributed by atoms with Crippen LogP contribution in [-0.2, 0) is 0 Å². The molecular weight excluding hydrogens is 80.1 g/mol. The van der Waals surface area contributed by atoms with Crippen molar-refractivity contribution in [2.45, 2.75) is 0 Å². The molecule has 0 spiro atoms. The molecule has 31 valence electrons. The second kappa shape index (κ2) is 0.965. The van der Waals surface area contributed by atoms with E-state index in [9.17, 15) is 0 Å². The lowest BCUT2D eigenvalue weighted by Crippen LogP contribution is -2.07. The van der Waals surface area contributed by atoms with Crippen LogP contribution in [0.1, 0.15) is 0 Å². The fraction of sp³-hybridized carbons (Fsp3) is 0. The molecule has 1 radical (unpaired) electrons. The van der Waals surface area contributed by atoms with Gasteiger partial charge in [-0.25, -0.2) is 0 Å². The predicted molar refractivity (Wildman–Crippen MR) is 19.0 cm³/mol. The van der Waals surface area contributed by atoms with Gasteiger partial charge in [-0.3, -0.25) is 0 Å². The molecule has 1 heterocycles. The van der Waals surface area contributed by atoms with Crippen LogP contribution in [-0.4, -0.2) is 15.1 Å². The Bertz CT molecular complexity index is 109. The summed E-state index contributed by atoms with van der Waals surface area (Å²) in [6.45, 7) is 0. The van der Waals surface area contributed by atoms with Crippen molar-refractivity contribution in [2.24, 2.45) is 0 Å². The van der Waals surface area contributed by atoms with E-state index in [1.54, 1.807) is 0 Å². The molecule has 2 N–H and O–H groups in total. The van der Waals surface area contributed by atoms with E-state index in [2.05, 4.69) is 16.5 Å². The van der Waals surface area contributed by atoms with E-state index < -0.39 is 0 Å². The smallest absolute Gasteiger partial charge is 0.137 e. The summed E-state index contributed by atoms with van der Waals surface area (Å²) in [6, 6.07) is 0. The van der Waals surface area contributed by atoms with Crippen molar-refractivity contribution in [1.82, 2.24) is 15.1 Å². The van der Waals surface area contributed by atoms with Crippen LogP contribution < -0.4 is 5.84 Å². The van der Waals surface area contributed by atoms with E-state index >= 15 is 0 Å². The Hall–Kier alpha value is -1.06. The molecule has 0 unspecified atom stereocenters. The lowest BCUT2D eigenvalue weighted by Gasteiger charge is -1.75. The second-order valence-electron chi connectivity index (χ2n) is 0.828. The van der Waals surface area contributed by atoms with Gasteiger partial charge in [-0.1, -0.05) is 0 Å². The Kier molecular flexibility index (Phi) is 0.506. The minimum Gasteiger partial charge on any atom is -0.322 e. The molecule has 4 nitrogen and oxygen atoms in total. The first-order valence-electron chi connectivity index (χ1n) is 1.43. The van der Waals surface area contributed by atoms with Crippen LogP contribution in [0, 0.1) is 6.20 Å². The van der Waals surface area contributed by atoms with Crippen LogP contribution in [0.25, 0.3) is 0 Å². The minimum absolute atomic E-state index is 1.08. The number of rotatable bonds is 0. The lowest BCUT2D eigenvalue weighted by atomic mass is 11.0. The van der Waals surface area contributed by atoms with Gasteiger partial charge in [0.05, 0.1) is 6.20 Å². The number of nitrogens with zero attached hydrogens (tertiary/aromatic N) is 3. The van der Waals surface area contributed by atoms with Gasteiger partial charge in [-0.05, 0) is 5.21 Å². The van der Waals surface area contributed by atoms with Crippen LogP contribution in [0.3, 0.4) is 0 Å². The summed E-state index contributed by atoms with van der Waals surface area (Å²) < 4.78 is 0. The van der Waals surface area contributed by atoms with Crippen LogP contribution in [0.15, 0.2) is 6.20 Å². The molecule has 1 aromatic heterocycles. The van der Waals surface area contributed by atoms with Crippen molar-refractivity contribution >= 4 is 0 Å². The maximum Gasteiger partial charge on any atom is 0.137 e. The molecule has 0 amide bonds. The third-order valence-electron chi connectivity index (χ3n) is 0.396. The van der Waals surface area contributed by atoms with Crippen LogP contribution in [0.5, 0.6) is 0 Å². The van der Waals surface area contributed by atoms with Crippen molar-refractivity contribution in [1.29, 1.82) is 0 Å². The summed E-state index contributed by atoms with van der Waals surface area (Å²) in [4.78, 5) is 1.08. The molecule has 0 saturated heterocycles. The number of nitrogen functional groups attached to an aromatic ring is 1. The van der Waals surface area contributed by atoms with Gasteiger partial charge in [0.1, 0.15) is 6.20 Å². The van der Waals surface area contributed by atoms with E-state index in [0.717, 1.165) is 4.79 Å². The Balaban J connectivity index is 3.05. The summed E-state index contributed by atoms with van der Waals surface area (Å²) in [5.74, 6) is 4.99. The van der Waals surface area contributed by atoms with Crippen molar-refractivity contribution in [2.75, 3.05) is 5.84 Å². The summed E-state index contributed by atoms with van der Waals surface area (Å²) in [5, 5.41) is 6.59. The normalized spacial score (nSPS) is 8.67. The Morgan fingerprint density at radius 3 is 2.83 bits per heavy atom. The first-order chi connectivity index (χ1) is 2.89. The van der Waals surface area contributed by atoms with Crippen molar-refractivity contribution in [3.8, 4) is 0 Å². The van der Waals surface area contributed by atoms with Gasteiger partial charge in [0.2, 0.25) is 0 Å². The van der Waals surface area contributed by atoms with E-state index in [4.69, 9.17) is 5.84 Å². The molecular formula is C2H3N4. The standard InChI is InChI=1S/C2H3N4/c3-6-2-1-4-5-6/h2H,3H2. The molecule has 4 heteroatoms. The first kappa shape index (κ1) is 3.14. The number of hydrogen-bond acceptors (Lipinski definition) is 3. The van der Waals surface area contributed by atoms with Crippen molar-refractivity contribution in [3.05, 3.63) is 12.4 Å². The van der Waals surface area contributed by atoms with Crippen LogP contribution >= 0.6 is 0 Å². The fourth-order valence-electron chi connectivity index (χ4n) is 0.188. The van der Waals surface area contributed by atoms with E-state index in [1.807, 2.05) is 0 Å². The number of nitrogens with two attached hydrogens (primary N) is 1. The molecule has 0 aliphatic carbocycles. The highest BCUT2D eigenvalue weighted by atomic mass is 15.5. The Labute approximate surface area is 34.5 Å².